The molecular formula is C23H14ClN7O3S. The Bertz CT molecular complexity index is 1460. The predicted molar refractivity (Wildman–Crippen MR) is 130 cm³/mol. The van der Waals surface area contributed by atoms with Crippen LogP contribution < -0.4 is 5.32 Å². The number of carbonyl (C=O) groups excluding carboxylic acids is 1. The maximum atomic E-state index is 12.5. The maximum absolute atomic E-state index is 12.5. The molecule has 12 heteroatoms. The van der Waals surface area contributed by atoms with E-state index in [1.54, 1.807) is 42.5 Å². The summed E-state index contributed by atoms with van der Waals surface area (Å²) in [6.45, 7) is 0. The Balaban J connectivity index is 1.60. The molecule has 3 aromatic carbocycles. The van der Waals surface area contributed by atoms with E-state index < -0.39 is 10.8 Å². The van der Waals surface area contributed by atoms with Crippen LogP contribution in [0, 0.1) is 21.4 Å². The van der Waals surface area contributed by atoms with Gasteiger partial charge in [0.15, 0.2) is 0 Å². The Hall–Kier alpha value is -4.53. The number of carbonyl (C=O) groups is 1. The van der Waals surface area contributed by atoms with Gasteiger partial charge in [0.25, 0.3) is 11.6 Å². The van der Waals surface area contributed by atoms with E-state index in [-0.39, 0.29) is 11.3 Å². The fraction of sp³-hybridized carbons (Fsp3) is 0. The van der Waals surface area contributed by atoms with Crippen molar-refractivity contribution >= 4 is 46.7 Å². The Morgan fingerprint density at radius 1 is 1.14 bits per heavy atom. The number of nitriles is 1. The van der Waals surface area contributed by atoms with Gasteiger partial charge in [-0.15, -0.1) is 5.10 Å². The first kappa shape index (κ1) is 23.6. The summed E-state index contributed by atoms with van der Waals surface area (Å²) in [6.07, 6.45) is 1.28. The molecule has 4 rings (SSSR count). The average Bonchev–Trinajstić information content (AvgIpc) is 3.33. The van der Waals surface area contributed by atoms with E-state index in [1.807, 2.05) is 24.3 Å². The maximum Gasteiger partial charge on any atom is 0.283 e. The van der Waals surface area contributed by atoms with Gasteiger partial charge in [0.1, 0.15) is 11.6 Å². The van der Waals surface area contributed by atoms with Gasteiger partial charge < -0.3 is 5.32 Å². The van der Waals surface area contributed by atoms with Crippen LogP contribution in [-0.4, -0.2) is 31.0 Å². The molecule has 4 aromatic rings. The third-order valence-corrected chi connectivity index (χ3v) is 5.86. The molecule has 0 spiro atoms. The predicted octanol–water partition coefficient (Wildman–Crippen LogP) is 4.92. The zero-order valence-electron chi connectivity index (χ0n) is 17.7. The first-order valence-corrected chi connectivity index (χ1v) is 11.1. The number of para-hydroxylation sites is 1. The molecule has 0 saturated heterocycles. The molecule has 0 aliphatic heterocycles. The van der Waals surface area contributed by atoms with Crippen molar-refractivity contribution in [1.29, 1.82) is 5.26 Å². The van der Waals surface area contributed by atoms with Crippen LogP contribution in [0.4, 0.5) is 11.4 Å². The van der Waals surface area contributed by atoms with E-state index in [1.165, 1.54) is 22.9 Å². The van der Waals surface area contributed by atoms with E-state index in [9.17, 15) is 20.2 Å². The van der Waals surface area contributed by atoms with Crippen LogP contribution in [0.25, 0.3) is 11.8 Å². The van der Waals surface area contributed by atoms with Gasteiger partial charge in [-0.1, -0.05) is 35.9 Å². The quantitative estimate of drug-likeness (QED) is 0.162. The van der Waals surface area contributed by atoms with Gasteiger partial charge in [0.05, 0.1) is 15.5 Å². The third-order valence-electron chi connectivity index (χ3n) is 4.60. The van der Waals surface area contributed by atoms with Crippen molar-refractivity contribution in [3.8, 4) is 11.8 Å². The number of nitro groups is 1. The number of anilines is 1. The Labute approximate surface area is 208 Å². The van der Waals surface area contributed by atoms with Gasteiger partial charge in [-0.2, -0.15) is 9.94 Å². The lowest BCUT2D eigenvalue weighted by Gasteiger charge is -2.06. The zero-order chi connectivity index (χ0) is 24.8. The average molecular weight is 504 g/mol. The van der Waals surface area contributed by atoms with E-state index in [0.717, 1.165) is 11.8 Å². The van der Waals surface area contributed by atoms with Crippen LogP contribution in [0.15, 0.2) is 88.4 Å². The molecule has 0 aliphatic carbocycles. The van der Waals surface area contributed by atoms with Gasteiger partial charge >= 0.3 is 0 Å². The smallest absolute Gasteiger partial charge is 0.283 e. The lowest BCUT2D eigenvalue weighted by atomic mass is 10.1. The highest BCUT2D eigenvalue weighted by atomic mass is 35.5. The fourth-order valence-corrected chi connectivity index (χ4v) is 3.97. The van der Waals surface area contributed by atoms with Crippen LogP contribution in [-0.2, 0) is 4.79 Å². The van der Waals surface area contributed by atoms with Crippen molar-refractivity contribution in [2.45, 2.75) is 10.1 Å². The Morgan fingerprint density at radius 3 is 2.57 bits per heavy atom. The minimum Gasteiger partial charge on any atom is -0.321 e. The number of halogens is 1. The van der Waals surface area contributed by atoms with Crippen molar-refractivity contribution in [3.63, 3.8) is 0 Å². The highest BCUT2D eigenvalue weighted by molar-refractivity contribution is 7.99. The molecule has 0 radical (unpaired) electrons. The van der Waals surface area contributed by atoms with Gasteiger partial charge in [-0.25, -0.2) is 0 Å². The van der Waals surface area contributed by atoms with Crippen molar-refractivity contribution in [1.82, 2.24) is 20.2 Å². The highest BCUT2D eigenvalue weighted by Gasteiger charge is 2.20. The molecular weight excluding hydrogens is 490 g/mol. The van der Waals surface area contributed by atoms with Crippen molar-refractivity contribution < 1.29 is 9.72 Å². The van der Waals surface area contributed by atoms with Crippen LogP contribution >= 0.6 is 23.4 Å². The summed E-state index contributed by atoms with van der Waals surface area (Å²) >= 11 is 6.86. The van der Waals surface area contributed by atoms with Gasteiger partial charge in [-0.05, 0) is 76.3 Å². The summed E-state index contributed by atoms with van der Waals surface area (Å²) in [5.74, 6) is -0.655. The van der Waals surface area contributed by atoms with E-state index in [0.29, 0.717) is 32.0 Å². The minimum atomic E-state index is -0.655. The second-order valence-electron chi connectivity index (χ2n) is 6.93. The van der Waals surface area contributed by atoms with Crippen LogP contribution in [0.1, 0.15) is 5.56 Å². The summed E-state index contributed by atoms with van der Waals surface area (Å²) in [5.41, 5.74) is 1.03. The number of tetrazole rings is 1. The number of nitrogens with zero attached hydrogens (tertiary/aromatic N) is 6. The number of nitrogens with one attached hydrogen (secondary N) is 1. The SMILES string of the molecule is N#C/C(=C\c1ccc(Sc2nnnn2-c2ccccc2)c([N+](=O)[O-])c1)C(=O)Nc1ccc(Cl)cc1. The minimum absolute atomic E-state index is 0.220. The number of amides is 1. The molecule has 1 amide bonds. The molecule has 0 fully saturated rings. The van der Waals surface area contributed by atoms with Crippen LogP contribution in [0.2, 0.25) is 5.02 Å². The molecule has 0 aliphatic rings. The second kappa shape index (κ2) is 10.6. The topological polar surface area (TPSA) is 140 Å². The largest absolute Gasteiger partial charge is 0.321 e. The lowest BCUT2D eigenvalue weighted by molar-refractivity contribution is -0.387. The second-order valence-corrected chi connectivity index (χ2v) is 8.37. The first-order valence-electron chi connectivity index (χ1n) is 9.93. The van der Waals surface area contributed by atoms with Gasteiger partial charge in [0.2, 0.25) is 5.16 Å². The molecule has 35 heavy (non-hydrogen) atoms. The molecule has 0 bridgehead atoms. The number of nitro benzene ring substituents is 1. The van der Waals surface area contributed by atoms with E-state index >= 15 is 0 Å². The lowest BCUT2D eigenvalue weighted by Crippen LogP contribution is -2.13. The van der Waals surface area contributed by atoms with Crippen LogP contribution in [0.3, 0.4) is 0 Å². The highest BCUT2D eigenvalue weighted by Crippen LogP contribution is 2.35. The summed E-state index contributed by atoms with van der Waals surface area (Å²) in [7, 11) is 0. The number of aromatic nitrogens is 4. The monoisotopic (exact) mass is 503 g/mol. The molecule has 172 valence electrons. The van der Waals surface area contributed by atoms with Crippen molar-refractivity contribution in [3.05, 3.63) is 99.1 Å². The van der Waals surface area contributed by atoms with Crippen LogP contribution in [0.5, 0.6) is 0 Å². The molecule has 1 aromatic heterocycles. The Morgan fingerprint density at radius 2 is 1.89 bits per heavy atom. The standard InChI is InChI=1S/C23H14ClN7O3S/c24-17-7-9-18(10-8-17)26-22(32)16(14-25)12-15-6-11-21(20(13-15)31(33)34)35-23-27-28-29-30(23)19-4-2-1-3-5-19/h1-13H,(H,26,32)/b16-12+. The van der Waals surface area contributed by atoms with Crippen molar-refractivity contribution in [2.24, 2.45) is 0 Å². The molecule has 0 unspecified atom stereocenters. The zero-order valence-corrected chi connectivity index (χ0v) is 19.3. The number of benzene rings is 3. The summed E-state index contributed by atoms with van der Waals surface area (Å²) in [5, 5.41) is 36.2. The fourth-order valence-electron chi connectivity index (χ4n) is 2.97. The third kappa shape index (κ3) is 5.70. The molecule has 0 atom stereocenters. The number of rotatable bonds is 7. The number of hydrogen-bond acceptors (Lipinski definition) is 8. The summed E-state index contributed by atoms with van der Waals surface area (Å²) in [6, 6.07) is 21.7. The first-order chi connectivity index (χ1) is 16.9. The molecule has 10 nitrogen and oxygen atoms in total. The number of hydrogen-bond donors (Lipinski definition) is 1. The molecule has 1 N–H and O–H groups in total. The van der Waals surface area contributed by atoms with E-state index in [2.05, 4.69) is 20.8 Å². The molecule has 0 saturated carbocycles. The molecule has 1 heterocycles. The summed E-state index contributed by atoms with van der Waals surface area (Å²) in [4.78, 5) is 24.0. The van der Waals surface area contributed by atoms with E-state index in [4.69, 9.17) is 11.6 Å². The normalized spacial score (nSPS) is 11.0. The van der Waals surface area contributed by atoms with Gasteiger partial charge in [-0.3, -0.25) is 14.9 Å². The van der Waals surface area contributed by atoms with Gasteiger partial charge in [0, 0.05) is 16.8 Å². The summed E-state index contributed by atoms with van der Waals surface area (Å²) < 4.78 is 1.47. The Kier molecular flexibility index (Phi) is 7.15. The van der Waals surface area contributed by atoms with Crippen molar-refractivity contribution in [2.75, 3.05) is 5.32 Å².